The first-order valence-electron chi connectivity index (χ1n) is 5.95. The number of benzene rings is 1. The van der Waals surface area contributed by atoms with Gasteiger partial charge in [0, 0.05) is 28.7 Å². The zero-order chi connectivity index (χ0) is 14.1. The zero-order valence-corrected chi connectivity index (χ0v) is 11.0. The average Bonchev–Trinajstić information content (AvgIpc) is 2.41. The molecule has 1 aromatic carbocycles. The molecule has 98 valence electrons. The third-order valence-electron chi connectivity index (χ3n) is 2.44. The van der Waals surface area contributed by atoms with E-state index >= 15 is 0 Å². The standard InChI is InChI=1S/C16H18N2O/c1-3-7-14(8-4-2)18-11-13(12-19)15-9-5-6-10-16(15)17/h3-12,18H,1,17H2,2H3/b8-4-,13-11+,14-7+. The van der Waals surface area contributed by atoms with Crippen LogP contribution in [0.1, 0.15) is 12.5 Å². The summed E-state index contributed by atoms with van der Waals surface area (Å²) in [5.74, 6) is 0. The van der Waals surface area contributed by atoms with Crippen LogP contribution in [0.3, 0.4) is 0 Å². The van der Waals surface area contributed by atoms with Crippen LogP contribution >= 0.6 is 0 Å². The monoisotopic (exact) mass is 254 g/mol. The second kappa shape index (κ2) is 7.71. The van der Waals surface area contributed by atoms with Gasteiger partial charge < -0.3 is 11.1 Å². The fourth-order valence-electron chi connectivity index (χ4n) is 1.55. The van der Waals surface area contributed by atoms with Crippen molar-refractivity contribution in [2.45, 2.75) is 6.92 Å². The summed E-state index contributed by atoms with van der Waals surface area (Å²) in [5, 5.41) is 3.05. The number of aldehydes is 1. The van der Waals surface area contributed by atoms with Crippen molar-refractivity contribution in [2.75, 3.05) is 5.73 Å². The van der Waals surface area contributed by atoms with Crippen molar-refractivity contribution in [3.05, 3.63) is 72.6 Å². The Kier molecular flexibility index (Phi) is 5.89. The van der Waals surface area contributed by atoms with Gasteiger partial charge in [0.25, 0.3) is 0 Å². The van der Waals surface area contributed by atoms with E-state index in [9.17, 15) is 4.79 Å². The van der Waals surface area contributed by atoms with E-state index in [0.29, 0.717) is 16.8 Å². The van der Waals surface area contributed by atoms with Crippen LogP contribution in [0.25, 0.3) is 5.57 Å². The largest absolute Gasteiger partial charge is 0.398 e. The molecule has 3 N–H and O–H groups in total. The molecule has 0 saturated carbocycles. The Morgan fingerprint density at radius 2 is 2.11 bits per heavy atom. The van der Waals surface area contributed by atoms with Crippen molar-refractivity contribution < 1.29 is 4.79 Å². The Morgan fingerprint density at radius 1 is 1.37 bits per heavy atom. The van der Waals surface area contributed by atoms with Gasteiger partial charge in [-0.2, -0.15) is 0 Å². The molecule has 0 aliphatic heterocycles. The quantitative estimate of drug-likeness (QED) is 0.355. The maximum atomic E-state index is 11.2. The normalized spacial score (nSPS) is 12.5. The third-order valence-corrected chi connectivity index (χ3v) is 2.44. The zero-order valence-electron chi connectivity index (χ0n) is 11.0. The van der Waals surface area contributed by atoms with Crippen LogP contribution in [-0.4, -0.2) is 6.29 Å². The molecular formula is C16H18N2O. The van der Waals surface area contributed by atoms with E-state index < -0.39 is 0 Å². The molecule has 0 aromatic heterocycles. The van der Waals surface area contributed by atoms with Crippen LogP contribution in [-0.2, 0) is 4.79 Å². The third kappa shape index (κ3) is 4.32. The molecule has 1 aromatic rings. The van der Waals surface area contributed by atoms with E-state index in [1.807, 2.05) is 43.4 Å². The highest BCUT2D eigenvalue weighted by Gasteiger charge is 2.03. The van der Waals surface area contributed by atoms with Crippen LogP contribution in [0, 0.1) is 0 Å². The van der Waals surface area contributed by atoms with Crippen LogP contribution < -0.4 is 11.1 Å². The number of nitrogens with one attached hydrogen (secondary N) is 1. The fraction of sp³-hybridized carbons (Fsp3) is 0.0625. The molecule has 0 saturated heterocycles. The van der Waals surface area contributed by atoms with Crippen LogP contribution in [0.2, 0.25) is 0 Å². The molecule has 0 unspecified atom stereocenters. The number of carbonyl (C=O) groups excluding carboxylic acids is 1. The first-order chi connectivity index (χ1) is 9.22. The highest BCUT2D eigenvalue weighted by atomic mass is 16.1. The van der Waals surface area contributed by atoms with Crippen LogP contribution in [0.5, 0.6) is 0 Å². The fourth-order valence-corrected chi connectivity index (χ4v) is 1.55. The number of hydrogen-bond donors (Lipinski definition) is 2. The summed E-state index contributed by atoms with van der Waals surface area (Å²) in [5.41, 5.74) is 8.47. The molecule has 0 atom stereocenters. The Balaban J connectivity index is 3.01. The van der Waals surface area contributed by atoms with Crippen molar-refractivity contribution in [1.29, 1.82) is 0 Å². The summed E-state index contributed by atoms with van der Waals surface area (Å²) >= 11 is 0. The van der Waals surface area contributed by atoms with Crippen molar-refractivity contribution in [3.63, 3.8) is 0 Å². The van der Waals surface area contributed by atoms with Gasteiger partial charge in [-0.25, -0.2) is 0 Å². The number of rotatable bonds is 6. The highest BCUT2D eigenvalue weighted by molar-refractivity contribution is 6.08. The highest BCUT2D eigenvalue weighted by Crippen LogP contribution is 2.18. The van der Waals surface area contributed by atoms with E-state index in [2.05, 4.69) is 11.9 Å². The lowest BCUT2D eigenvalue weighted by molar-refractivity contribution is -0.103. The SMILES string of the molecule is C=C/C=C(\C=C/C)N/C=C(\C=O)c1ccccc1N. The molecule has 0 heterocycles. The van der Waals surface area contributed by atoms with Gasteiger partial charge in [-0.15, -0.1) is 0 Å². The minimum Gasteiger partial charge on any atom is -0.398 e. The Labute approximate surface area is 113 Å². The molecule has 3 nitrogen and oxygen atoms in total. The second-order valence-electron chi connectivity index (χ2n) is 3.81. The van der Waals surface area contributed by atoms with Crippen molar-refractivity contribution in [1.82, 2.24) is 5.32 Å². The predicted molar refractivity (Wildman–Crippen MR) is 81.1 cm³/mol. The van der Waals surface area contributed by atoms with Gasteiger partial charge in [-0.3, -0.25) is 4.79 Å². The maximum absolute atomic E-state index is 11.2. The molecule has 0 aliphatic rings. The van der Waals surface area contributed by atoms with E-state index in [1.54, 1.807) is 18.3 Å². The lowest BCUT2D eigenvalue weighted by Gasteiger charge is -2.06. The molecule has 0 bridgehead atoms. The van der Waals surface area contributed by atoms with Crippen molar-refractivity contribution >= 4 is 17.5 Å². The number of allylic oxidation sites excluding steroid dienone is 5. The first kappa shape index (κ1) is 14.5. The lowest BCUT2D eigenvalue weighted by atomic mass is 10.1. The van der Waals surface area contributed by atoms with Gasteiger partial charge in [0.1, 0.15) is 0 Å². The minimum absolute atomic E-state index is 0.498. The van der Waals surface area contributed by atoms with Crippen molar-refractivity contribution in [3.8, 4) is 0 Å². The predicted octanol–water partition coefficient (Wildman–Crippen LogP) is 3.04. The van der Waals surface area contributed by atoms with E-state index in [1.165, 1.54) is 0 Å². The van der Waals surface area contributed by atoms with Crippen LogP contribution in [0.15, 0.2) is 67.0 Å². The molecule has 3 heteroatoms. The molecule has 1 rings (SSSR count). The molecule has 0 fully saturated rings. The van der Waals surface area contributed by atoms with E-state index in [-0.39, 0.29) is 0 Å². The van der Waals surface area contributed by atoms with E-state index in [0.717, 1.165) is 12.0 Å². The molecule has 0 radical (unpaired) electrons. The van der Waals surface area contributed by atoms with Crippen molar-refractivity contribution in [2.24, 2.45) is 0 Å². The first-order valence-corrected chi connectivity index (χ1v) is 5.95. The maximum Gasteiger partial charge on any atom is 0.152 e. The average molecular weight is 254 g/mol. The summed E-state index contributed by atoms with van der Waals surface area (Å²) in [6.07, 6.45) is 9.68. The van der Waals surface area contributed by atoms with Gasteiger partial charge in [-0.05, 0) is 25.1 Å². The van der Waals surface area contributed by atoms with Gasteiger partial charge >= 0.3 is 0 Å². The molecule has 0 aliphatic carbocycles. The summed E-state index contributed by atoms with van der Waals surface area (Å²) < 4.78 is 0. The van der Waals surface area contributed by atoms with Gasteiger partial charge in [0.05, 0.1) is 0 Å². The summed E-state index contributed by atoms with van der Waals surface area (Å²) in [6, 6.07) is 7.25. The lowest BCUT2D eigenvalue weighted by Crippen LogP contribution is -2.05. The second-order valence-corrected chi connectivity index (χ2v) is 3.81. The molecule has 0 amide bonds. The summed E-state index contributed by atoms with van der Waals surface area (Å²) in [4.78, 5) is 11.2. The van der Waals surface area contributed by atoms with Gasteiger partial charge in [0.15, 0.2) is 6.29 Å². The number of nitrogen functional groups attached to an aromatic ring is 1. The smallest absolute Gasteiger partial charge is 0.152 e. The van der Waals surface area contributed by atoms with Crippen LogP contribution in [0.4, 0.5) is 5.69 Å². The van der Waals surface area contributed by atoms with E-state index in [4.69, 9.17) is 5.73 Å². The Bertz CT molecular complexity index is 539. The molecule has 0 spiro atoms. The summed E-state index contributed by atoms with van der Waals surface area (Å²) in [7, 11) is 0. The molecular weight excluding hydrogens is 236 g/mol. The number of hydrogen-bond acceptors (Lipinski definition) is 3. The molecule has 19 heavy (non-hydrogen) atoms. The topological polar surface area (TPSA) is 55.1 Å². The van der Waals surface area contributed by atoms with Gasteiger partial charge in [-0.1, -0.05) is 36.9 Å². The minimum atomic E-state index is 0.498. The Morgan fingerprint density at radius 3 is 2.68 bits per heavy atom. The number of carbonyl (C=O) groups is 1. The number of para-hydroxylation sites is 1. The number of nitrogens with two attached hydrogens (primary N) is 1. The summed E-state index contributed by atoms with van der Waals surface area (Å²) in [6.45, 7) is 5.56. The Hall–Kier alpha value is -2.55. The van der Waals surface area contributed by atoms with Gasteiger partial charge in [0.2, 0.25) is 0 Å². The number of anilines is 1.